The molecule has 0 spiro atoms. The number of rotatable bonds is 8. The van der Waals surface area contributed by atoms with E-state index >= 15 is 0 Å². The van der Waals surface area contributed by atoms with Gasteiger partial charge in [-0.25, -0.2) is 13.1 Å². The van der Waals surface area contributed by atoms with Crippen molar-refractivity contribution < 1.29 is 31.1 Å². The highest BCUT2D eigenvalue weighted by molar-refractivity contribution is 7.89. The SMILES string of the molecule is O=C(CCNS(=O)(=O)c1ccccc1)Nc1cc(Cl)ccc1OCC(F)(F)F. The number of alkyl halides is 3. The summed E-state index contributed by atoms with van der Waals surface area (Å²) in [5.74, 6) is -0.838. The van der Waals surface area contributed by atoms with Crippen LogP contribution in [0.3, 0.4) is 0 Å². The number of nitrogens with one attached hydrogen (secondary N) is 2. The van der Waals surface area contributed by atoms with Crippen molar-refractivity contribution in [3.63, 3.8) is 0 Å². The molecule has 0 aliphatic rings. The molecule has 0 fully saturated rings. The molecule has 2 rings (SSSR count). The Bertz CT molecular complexity index is 922. The van der Waals surface area contributed by atoms with Gasteiger partial charge < -0.3 is 10.1 Å². The molecule has 2 aromatic rings. The number of ether oxygens (including phenoxy) is 1. The van der Waals surface area contributed by atoms with Gasteiger partial charge in [0.25, 0.3) is 0 Å². The summed E-state index contributed by atoms with van der Waals surface area (Å²) in [7, 11) is -3.77. The van der Waals surface area contributed by atoms with Crippen LogP contribution in [0.2, 0.25) is 5.02 Å². The molecule has 0 aromatic heterocycles. The van der Waals surface area contributed by atoms with Crippen LogP contribution in [0.1, 0.15) is 6.42 Å². The highest BCUT2D eigenvalue weighted by Crippen LogP contribution is 2.29. The predicted molar refractivity (Wildman–Crippen MR) is 97.9 cm³/mol. The van der Waals surface area contributed by atoms with Crippen molar-refractivity contribution in [3.05, 3.63) is 53.6 Å². The first-order chi connectivity index (χ1) is 13.1. The first-order valence-corrected chi connectivity index (χ1v) is 9.76. The molecule has 0 aliphatic heterocycles. The van der Waals surface area contributed by atoms with Crippen LogP contribution in [0.4, 0.5) is 18.9 Å². The van der Waals surface area contributed by atoms with E-state index in [1.807, 2.05) is 0 Å². The van der Waals surface area contributed by atoms with Crippen molar-refractivity contribution in [2.24, 2.45) is 0 Å². The summed E-state index contributed by atoms with van der Waals surface area (Å²) in [6.07, 6.45) is -4.80. The molecule has 0 saturated heterocycles. The number of carbonyl (C=O) groups excluding carboxylic acids is 1. The third kappa shape index (κ3) is 7.02. The topological polar surface area (TPSA) is 84.5 Å². The summed E-state index contributed by atoms with van der Waals surface area (Å²) >= 11 is 5.80. The molecule has 0 saturated carbocycles. The van der Waals surface area contributed by atoms with Gasteiger partial charge in [0, 0.05) is 18.0 Å². The van der Waals surface area contributed by atoms with E-state index in [4.69, 9.17) is 11.6 Å². The third-order valence-corrected chi connectivity index (χ3v) is 5.02. The van der Waals surface area contributed by atoms with Crippen molar-refractivity contribution >= 4 is 33.2 Å². The smallest absolute Gasteiger partial charge is 0.422 e. The molecule has 6 nitrogen and oxygen atoms in total. The number of carbonyl (C=O) groups is 1. The zero-order valence-electron chi connectivity index (χ0n) is 14.3. The van der Waals surface area contributed by atoms with Gasteiger partial charge in [-0.3, -0.25) is 4.79 Å². The summed E-state index contributed by atoms with van der Waals surface area (Å²) in [6, 6.07) is 11.3. The van der Waals surface area contributed by atoms with Crippen molar-refractivity contribution in [2.75, 3.05) is 18.5 Å². The Morgan fingerprint density at radius 3 is 2.43 bits per heavy atom. The lowest BCUT2D eigenvalue weighted by molar-refractivity contribution is -0.153. The lowest BCUT2D eigenvalue weighted by Gasteiger charge is -2.14. The minimum Gasteiger partial charge on any atom is -0.482 e. The summed E-state index contributed by atoms with van der Waals surface area (Å²) in [6.45, 7) is -1.74. The van der Waals surface area contributed by atoms with Gasteiger partial charge in [-0.2, -0.15) is 13.2 Å². The molecule has 0 radical (unpaired) electrons. The lowest BCUT2D eigenvalue weighted by Crippen LogP contribution is -2.28. The summed E-state index contributed by atoms with van der Waals surface area (Å²) in [5, 5.41) is 2.54. The van der Waals surface area contributed by atoms with E-state index in [0.717, 1.165) is 0 Å². The van der Waals surface area contributed by atoms with Crippen LogP contribution in [-0.4, -0.2) is 33.7 Å². The second-order valence-electron chi connectivity index (χ2n) is 5.55. The molecule has 1 amide bonds. The zero-order chi connectivity index (χ0) is 20.8. The number of halogens is 4. The van der Waals surface area contributed by atoms with Crippen LogP contribution >= 0.6 is 11.6 Å². The monoisotopic (exact) mass is 436 g/mol. The Labute approximate surface area is 164 Å². The first kappa shape index (κ1) is 22.0. The molecular formula is C17H16ClF3N2O4S. The van der Waals surface area contributed by atoms with Gasteiger partial charge in [-0.1, -0.05) is 29.8 Å². The molecule has 28 heavy (non-hydrogen) atoms. The fourth-order valence-corrected chi connectivity index (χ4v) is 3.30. The number of sulfonamides is 1. The van der Waals surface area contributed by atoms with Crippen LogP contribution in [-0.2, 0) is 14.8 Å². The Balaban J connectivity index is 1.95. The second-order valence-corrected chi connectivity index (χ2v) is 7.76. The van der Waals surface area contributed by atoms with Gasteiger partial charge >= 0.3 is 6.18 Å². The Hall–Kier alpha value is -2.30. The molecule has 11 heteroatoms. The van der Waals surface area contributed by atoms with Gasteiger partial charge in [0.05, 0.1) is 10.6 Å². The zero-order valence-corrected chi connectivity index (χ0v) is 15.9. The van der Waals surface area contributed by atoms with Gasteiger partial charge in [-0.05, 0) is 30.3 Å². The quantitative estimate of drug-likeness (QED) is 0.662. The van der Waals surface area contributed by atoms with Crippen molar-refractivity contribution in [1.29, 1.82) is 0 Å². The summed E-state index contributed by atoms with van der Waals surface area (Å²) < 4.78 is 68.0. The molecule has 0 atom stereocenters. The number of amides is 1. The first-order valence-electron chi connectivity index (χ1n) is 7.90. The fraction of sp³-hybridized carbons (Fsp3) is 0.235. The molecule has 0 heterocycles. The van der Waals surface area contributed by atoms with E-state index < -0.39 is 28.7 Å². The Morgan fingerprint density at radius 2 is 1.79 bits per heavy atom. The fourth-order valence-electron chi connectivity index (χ4n) is 2.08. The highest BCUT2D eigenvalue weighted by atomic mass is 35.5. The number of anilines is 1. The number of hydrogen-bond donors (Lipinski definition) is 2. The van der Waals surface area contributed by atoms with E-state index in [1.54, 1.807) is 18.2 Å². The number of benzene rings is 2. The van der Waals surface area contributed by atoms with Crippen LogP contribution in [0, 0.1) is 0 Å². The normalized spacial score (nSPS) is 11.9. The van der Waals surface area contributed by atoms with E-state index in [9.17, 15) is 26.4 Å². The molecule has 0 unspecified atom stereocenters. The van der Waals surface area contributed by atoms with Crippen LogP contribution in [0.25, 0.3) is 0 Å². The maximum absolute atomic E-state index is 12.3. The minimum absolute atomic E-state index is 0.0485. The van der Waals surface area contributed by atoms with E-state index in [0.29, 0.717) is 0 Å². The van der Waals surface area contributed by atoms with Crippen molar-refractivity contribution in [3.8, 4) is 5.75 Å². The molecular weight excluding hydrogens is 421 g/mol. The summed E-state index contributed by atoms with van der Waals surface area (Å²) in [5.41, 5.74) is -0.0485. The van der Waals surface area contributed by atoms with Crippen LogP contribution in [0.15, 0.2) is 53.4 Å². The average Bonchev–Trinajstić information content (AvgIpc) is 2.61. The lowest BCUT2D eigenvalue weighted by atomic mass is 10.2. The van der Waals surface area contributed by atoms with Gasteiger partial charge in [-0.15, -0.1) is 0 Å². The molecule has 152 valence electrons. The third-order valence-electron chi connectivity index (χ3n) is 3.30. The molecule has 0 bridgehead atoms. The van der Waals surface area contributed by atoms with Crippen molar-refractivity contribution in [1.82, 2.24) is 4.72 Å². The van der Waals surface area contributed by atoms with Crippen LogP contribution in [0.5, 0.6) is 5.75 Å². The van der Waals surface area contributed by atoms with E-state index in [-0.39, 0.29) is 34.3 Å². The minimum atomic E-state index is -4.55. The second kappa shape index (κ2) is 9.26. The molecule has 0 aliphatic carbocycles. The number of hydrogen-bond acceptors (Lipinski definition) is 4. The van der Waals surface area contributed by atoms with Gasteiger partial charge in [0.2, 0.25) is 15.9 Å². The predicted octanol–water partition coefficient (Wildman–Crippen LogP) is 3.59. The maximum atomic E-state index is 12.3. The van der Waals surface area contributed by atoms with Gasteiger partial charge in [0.1, 0.15) is 5.75 Å². The van der Waals surface area contributed by atoms with E-state index in [1.165, 1.54) is 30.3 Å². The Morgan fingerprint density at radius 1 is 1.11 bits per heavy atom. The summed E-state index contributed by atoms with van der Waals surface area (Å²) in [4.78, 5) is 12.1. The highest BCUT2D eigenvalue weighted by Gasteiger charge is 2.29. The molecule has 2 N–H and O–H groups in total. The maximum Gasteiger partial charge on any atom is 0.422 e. The Kier molecular flexibility index (Phi) is 7.28. The largest absolute Gasteiger partial charge is 0.482 e. The molecule has 2 aromatic carbocycles. The van der Waals surface area contributed by atoms with E-state index in [2.05, 4.69) is 14.8 Å². The average molecular weight is 437 g/mol. The van der Waals surface area contributed by atoms with Gasteiger partial charge in [0.15, 0.2) is 6.61 Å². The van der Waals surface area contributed by atoms with Crippen LogP contribution < -0.4 is 14.8 Å². The standard InChI is InChI=1S/C17H16ClF3N2O4S/c18-12-6-7-15(27-11-17(19,20)21)14(10-12)23-16(24)8-9-22-28(25,26)13-4-2-1-3-5-13/h1-7,10,22H,8-9,11H2,(H,23,24). The van der Waals surface area contributed by atoms with Crippen molar-refractivity contribution in [2.45, 2.75) is 17.5 Å².